The van der Waals surface area contributed by atoms with Crippen molar-refractivity contribution in [3.05, 3.63) is 36.0 Å². The number of carbonyl (C=O) groups excluding carboxylic acids is 1. The molecule has 1 amide bonds. The van der Waals surface area contributed by atoms with Crippen LogP contribution in [-0.4, -0.2) is 23.9 Å². The van der Waals surface area contributed by atoms with Crippen LogP contribution in [0.3, 0.4) is 0 Å². The smallest absolute Gasteiger partial charge is 0.253 e. The minimum Gasteiger partial charge on any atom is -0.373 e. The van der Waals surface area contributed by atoms with E-state index in [9.17, 15) is 4.79 Å². The molecule has 0 unspecified atom stereocenters. The summed E-state index contributed by atoms with van der Waals surface area (Å²) >= 11 is 0. The van der Waals surface area contributed by atoms with Crippen LogP contribution in [0.1, 0.15) is 72.7 Å². The quantitative estimate of drug-likeness (QED) is 0.623. The summed E-state index contributed by atoms with van der Waals surface area (Å²) in [5.74, 6) is 0.0200. The van der Waals surface area contributed by atoms with E-state index in [1.165, 1.54) is 5.52 Å². The minimum atomic E-state index is -1.92. The maximum atomic E-state index is 13.0. The van der Waals surface area contributed by atoms with Gasteiger partial charge in [-0.05, 0) is 43.5 Å². The fourth-order valence-electron chi connectivity index (χ4n) is 4.92. The lowest BCUT2D eigenvalue weighted by Crippen LogP contribution is -2.51. The molecule has 0 bridgehead atoms. The molecule has 1 aromatic heterocycles. The number of nitrogens with zero attached hydrogens (tertiary/aromatic N) is 1. The SMILES string of the molecule is CC(C)[Si](C(C)C)(C(C)C)n1cc(C(=O)NC(C)(C)C)c2ccccc21. The van der Waals surface area contributed by atoms with E-state index in [1.54, 1.807) is 0 Å². The molecular formula is C22H36N2OSi. The Bertz CT molecular complexity index is 759. The van der Waals surface area contributed by atoms with Crippen LogP contribution in [-0.2, 0) is 0 Å². The van der Waals surface area contributed by atoms with Crippen molar-refractivity contribution in [1.29, 1.82) is 0 Å². The lowest BCUT2D eigenvalue weighted by atomic mass is 10.1. The molecule has 0 aliphatic carbocycles. The molecular weight excluding hydrogens is 336 g/mol. The number of para-hydroxylation sites is 1. The largest absolute Gasteiger partial charge is 0.373 e. The van der Waals surface area contributed by atoms with Gasteiger partial charge in [-0.1, -0.05) is 59.7 Å². The Balaban J connectivity index is 2.78. The Morgan fingerprint density at radius 1 is 0.962 bits per heavy atom. The molecule has 0 aliphatic heterocycles. The minimum absolute atomic E-state index is 0.0200. The lowest BCUT2D eigenvalue weighted by Gasteiger charge is -2.44. The third kappa shape index (κ3) is 3.48. The zero-order chi connectivity index (χ0) is 19.9. The molecule has 144 valence electrons. The highest BCUT2D eigenvalue weighted by Gasteiger charge is 2.46. The molecule has 1 N–H and O–H groups in total. The number of benzene rings is 1. The van der Waals surface area contributed by atoms with Crippen LogP contribution in [0.2, 0.25) is 16.6 Å². The van der Waals surface area contributed by atoms with Gasteiger partial charge in [0.1, 0.15) is 0 Å². The van der Waals surface area contributed by atoms with E-state index in [0.29, 0.717) is 16.6 Å². The Labute approximate surface area is 160 Å². The molecule has 26 heavy (non-hydrogen) atoms. The monoisotopic (exact) mass is 372 g/mol. The number of rotatable bonds is 5. The van der Waals surface area contributed by atoms with Gasteiger partial charge in [0.2, 0.25) is 0 Å². The van der Waals surface area contributed by atoms with E-state index in [4.69, 9.17) is 0 Å². The third-order valence-electron chi connectivity index (χ3n) is 5.64. The second-order valence-electron chi connectivity index (χ2n) is 9.49. The summed E-state index contributed by atoms with van der Waals surface area (Å²) in [5.41, 5.74) is 3.50. The molecule has 0 aliphatic rings. The summed E-state index contributed by atoms with van der Waals surface area (Å²) in [6, 6.07) is 8.38. The number of hydrogen-bond acceptors (Lipinski definition) is 1. The van der Waals surface area contributed by atoms with Crippen LogP contribution in [0.5, 0.6) is 0 Å². The van der Waals surface area contributed by atoms with E-state index in [1.807, 2.05) is 26.8 Å². The highest BCUT2D eigenvalue weighted by Crippen LogP contribution is 2.44. The van der Waals surface area contributed by atoms with E-state index in [2.05, 4.69) is 75.5 Å². The second-order valence-corrected chi connectivity index (χ2v) is 15.2. The van der Waals surface area contributed by atoms with Crippen molar-refractivity contribution in [2.45, 2.75) is 84.5 Å². The Morgan fingerprint density at radius 3 is 1.92 bits per heavy atom. The summed E-state index contributed by atoms with van der Waals surface area (Å²) < 4.78 is 2.53. The van der Waals surface area contributed by atoms with Gasteiger partial charge in [0.15, 0.2) is 8.24 Å². The molecule has 2 aromatic rings. The van der Waals surface area contributed by atoms with Crippen molar-refractivity contribution in [1.82, 2.24) is 9.55 Å². The molecule has 0 saturated carbocycles. The van der Waals surface area contributed by atoms with Crippen LogP contribution in [0.25, 0.3) is 10.9 Å². The average molecular weight is 373 g/mol. The summed E-state index contributed by atoms with van der Waals surface area (Å²) in [6.07, 6.45) is 2.15. The van der Waals surface area contributed by atoms with Crippen molar-refractivity contribution in [3.63, 3.8) is 0 Å². The first kappa shape index (κ1) is 20.8. The Morgan fingerprint density at radius 2 is 1.46 bits per heavy atom. The molecule has 0 radical (unpaired) electrons. The molecule has 3 nitrogen and oxygen atoms in total. The first-order valence-electron chi connectivity index (χ1n) is 9.86. The molecule has 1 heterocycles. The van der Waals surface area contributed by atoms with Crippen LogP contribution in [0, 0.1) is 0 Å². The number of amides is 1. The molecule has 2 rings (SSSR count). The number of aromatic nitrogens is 1. The van der Waals surface area contributed by atoms with Crippen LogP contribution in [0.15, 0.2) is 30.5 Å². The van der Waals surface area contributed by atoms with Crippen molar-refractivity contribution in [2.24, 2.45) is 0 Å². The average Bonchev–Trinajstić information content (AvgIpc) is 2.85. The van der Waals surface area contributed by atoms with Gasteiger partial charge in [-0.25, -0.2) is 0 Å². The number of carbonyl (C=O) groups is 1. The van der Waals surface area contributed by atoms with Gasteiger partial charge in [0, 0.05) is 22.6 Å². The van der Waals surface area contributed by atoms with E-state index >= 15 is 0 Å². The van der Waals surface area contributed by atoms with Gasteiger partial charge in [0.05, 0.1) is 5.56 Å². The van der Waals surface area contributed by atoms with E-state index in [-0.39, 0.29) is 11.4 Å². The van der Waals surface area contributed by atoms with Gasteiger partial charge in [-0.2, -0.15) is 0 Å². The predicted octanol–water partition coefficient (Wildman–Crippen LogP) is 6.19. The van der Waals surface area contributed by atoms with Gasteiger partial charge in [0.25, 0.3) is 5.91 Å². The highest BCUT2D eigenvalue weighted by atomic mass is 28.3. The maximum absolute atomic E-state index is 13.0. The lowest BCUT2D eigenvalue weighted by molar-refractivity contribution is 0.0921. The normalized spacial score (nSPS) is 13.2. The van der Waals surface area contributed by atoms with Gasteiger partial charge in [-0.15, -0.1) is 0 Å². The molecule has 4 heteroatoms. The summed E-state index contributed by atoms with van der Waals surface area (Å²) in [4.78, 5) is 13.0. The Kier molecular flexibility index (Phi) is 5.76. The van der Waals surface area contributed by atoms with Crippen LogP contribution < -0.4 is 5.32 Å². The fourth-order valence-corrected chi connectivity index (χ4v) is 11.6. The van der Waals surface area contributed by atoms with Gasteiger partial charge in [-0.3, -0.25) is 4.79 Å². The molecule has 0 atom stereocenters. The standard InChI is InChI=1S/C22H36N2OSi/c1-15(2)26(16(3)4,17(5)6)24-14-19(21(25)23-22(7,8)9)18-12-10-11-13-20(18)24/h10-17H,1-9H3,(H,23,25). The Hall–Kier alpha value is -1.55. The molecule has 1 aromatic carbocycles. The number of hydrogen-bond donors (Lipinski definition) is 1. The van der Waals surface area contributed by atoms with Crippen LogP contribution >= 0.6 is 0 Å². The fraction of sp³-hybridized carbons (Fsp3) is 0.591. The predicted molar refractivity (Wildman–Crippen MR) is 116 cm³/mol. The molecule has 0 spiro atoms. The van der Waals surface area contributed by atoms with E-state index < -0.39 is 8.24 Å². The topological polar surface area (TPSA) is 34.0 Å². The summed E-state index contributed by atoms with van der Waals surface area (Å²) in [6.45, 7) is 20.2. The van der Waals surface area contributed by atoms with Gasteiger partial charge >= 0.3 is 0 Å². The third-order valence-corrected chi connectivity index (χ3v) is 12.4. The number of nitrogens with one attached hydrogen (secondary N) is 1. The first-order valence-corrected chi connectivity index (χ1v) is 12.0. The van der Waals surface area contributed by atoms with Crippen molar-refractivity contribution in [3.8, 4) is 0 Å². The highest BCUT2D eigenvalue weighted by molar-refractivity contribution is 6.82. The maximum Gasteiger partial charge on any atom is 0.253 e. The van der Waals surface area contributed by atoms with Crippen molar-refractivity contribution in [2.75, 3.05) is 0 Å². The zero-order valence-electron chi connectivity index (χ0n) is 18.0. The zero-order valence-corrected chi connectivity index (χ0v) is 19.0. The van der Waals surface area contributed by atoms with Gasteiger partial charge < -0.3 is 9.55 Å². The van der Waals surface area contributed by atoms with E-state index in [0.717, 1.165) is 10.9 Å². The van der Waals surface area contributed by atoms with Crippen LogP contribution in [0.4, 0.5) is 0 Å². The summed E-state index contributed by atoms with van der Waals surface area (Å²) in [7, 11) is -1.92. The molecule has 0 saturated heterocycles. The molecule has 0 fully saturated rings. The first-order chi connectivity index (χ1) is 11.9. The van der Waals surface area contributed by atoms with Crippen molar-refractivity contribution < 1.29 is 4.79 Å². The summed E-state index contributed by atoms with van der Waals surface area (Å²) in [5, 5.41) is 4.21. The second kappa shape index (κ2) is 7.22. The van der Waals surface area contributed by atoms with Crippen molar-refractivity contribution >= 4 is 25.0 Å². The number of fused-ring (bicyclic) bond motifs is 1.